The molecular weight excluding hydrogens is 356 g/mol. The Bertz CT molecular complexity index is 942. The molecule has 1 aliphatic rings. The molecule has 140 valence electrons. The van der Waals surface area contributed by atoms with Crippen molar-refractivity contribution in [1.82, 2.24) is 20.1 Å². The number of hydrogen-bond acceptors (Lipinski definition) is 5. The molecule has 1 fully saturated rings. The number of aryl methyl sites for hydroxylation is 1. The van der Waals surface area contributed by atoms with Gasteiger partial charge in [-0.1, -0.05) is 0 Å². The van der Waals surface area contributed by atoms with E-state index in [2.05, 4.69) is 33.8 Å². The van der Waals surface area contributed by atoms with E-state index in [0.717, 1.165) is 43.5 Å². The van der Waals surface area contributed by atoms with Crippen molar-refractivity contribution in [3.05, 3.63) is 68.9 Å². The van der Waals surface area contributed by atoms with Crippen molar-refractivity contribution in [3.8, 4) is 11.3 Å². The topological polar surface area (TPSA) is 59.8 Å². The number of hydrogen-bond donors (Lipinski definition) is 1. The van der Waals surface area contributed by atoms with Crippen LogP contribution < -0.4 is 10.9 Å². The van der Waals surface area contributed by atoms with Crippen molar-refractivity contribution in [2.24, 2.45) is 0 Å². The molecular formula is C21H24N4OS. The van der Waals surface area contributed by atoms with E-state index in [9.17, 15) is 4.79 Å². The number of nitrogens with zero attached hydrogens (tertiary/aromatic N) is 3. The molecule has 5 nitrogen and oxygen atoms in total. The minimum atomic E-state index is -0.0201. The molecule has 0 amide bonds. The van der Waals surface area contributed by atoms with Crippen LogP contribution in [0, 0.1) is 6.92 Å². The van der Waals surface area contributed by atoms with Crippen LogP contribution in [0.15, 0.2) is 52.9 Å². The molecule has 0 saturated heterocycles. The fourth-order valence-corrected chi connectivity index (χ4v) is 4.56. The maximum Gasteiger partial charge on any atom is 0.267 e. The van der Waals surface area contributed by atoms with E-state index < -0.39 is 0 Å². The number of pyridine rings is 1. The van der Waals surface area contributed by atoms with E-state index in [1.807, 2.05) is 23.5 Å². The number of aromatic nitrogens is 3. The van der Waals surface area contributed by atoms with Gasteiger partial charge in [0.05, 0.1) is 11.7 Å². The third-order valence-electron chi connectivity index (χ3n) is 5.34. The van der Waals surface area contributed by atoms with E-state index >= 15 is 0 Å². The Balaban J connectivity index is 1.41. The molecule has 3 aromatic rings. The van der Waals surface area contributed by atoms with E-state index in [1.54, 1.807) is 29.2 Å². The van der Waals surface area contributed by atoms with Gasteiger partial charge in [0.2, 0.25) is 0 Å². The van der Waals surface area contributed by atoms with Crippen LogP contribution in [0.25, 0.3) is 11.3 Å². The number of nitrogens with one attached hydrogen (secondary N) is 1. The quantitative estimate of drug-likeness (QED) is 0.728. The smallest absolute Gasteiger partial charge is 0.267 e. The molecule has 27 heavy (non-hydrogen) atoms. The second kappa shape index (κ2) is 8.15. The van der Waals surface area contributed by atoms with Gasteiger partial charge in [-0.15, -0.1) is 11.3 Å². The third kappa shape index (κ3) is 4.17. The average Bonchev–Trinajstić information content (AvgIpc) is 3.13. The van der Waals surface area contributed by atoms with Crippen LogP contribution in [0.4, 0.5) is 0 Å². The molecule has 0 bridgehead atoms. The minimum Gasteiger partial charge on any atom is -0.309 e. The van der Waals surface area contributed by atoms with Crippen molar-refractivity contribution < 1.29 is 0 Å². The Morgan fingerprint density at radius 2 is 2.04 bits per heavy atom. The monoisotopic (exact) mass is 380 g/mol. The summed E-state index contributed by atoms with van der Waals surface area (Å²) in [5.74, 6) is 0. The van der Waals surface area contributed by atoms with Gasteiger partial charge in [0.1, 0.15) is 0 Å². The normalized spacial score (nSPS) is 19.9. The summed E-state index contributed by atoms with van der Waals surface area (Å²) in [7, 11) is 0. The van der Waals surface area contributed by atoms with Gasteiger partial charge < -0.3 is 5.32 Å². The van der Waals surface area contributed by atoms with Crippen LogP contribution >= 0.6 is 11.3 Å². The highest BCUT2D eigenvalue weighted by atomic mass is 32.1. The second-order valence-electron chi connectivity index (χ2n) is 7.16. The SMILES string of the molecule is Cc1ccsc1CNC1CCC(n2nc(-c3cccnc3)ccc2=O)CC1. The average molecular weight is 381 g/mol. The Morgan fingerprint density at radius 3 is 2.74 bits per heavy atom. The zero-order valence-electron chi connectivity index (χ0n) is 15.5. The van der Waals surface area contributed by atoms with Gasteiger partial charge in [-0.3, -0.25) is 9.78 Å². The van der Waals surface area contributed by atoms with Crippen molar-refractivity contribution in [2.75, 3.05) is 0 Å². The van der Waals surface area contributed by atoms with Crippen LogP contribution in [0.1, 0.15) is 42.2 Å². The summed E-state index contributed by atoms with van der Waals surface area (Å²) < 4.78 is 1.68. The molecule has 0 radical (unpaired) electrons. The highest BCUT2D eigenvalue weighted by Crippen LogP contribution is 2.28. The van der Waals surface area contributed by atoms with Crippen molar-refractivity contribution in [1.29, 1.82) is 0 Å². The van der Waals surface area contributed by atoms with Crippen molar-refractivity contribution >= 4 is 11.3 Å². The van der Waals surface area contributed by atoms with Gasteiger partial charge in [0.25, 0.3) is 5.56 Å². The largest absolute Gasteiger partial charge is 0.309 e. The standard InChI is InChI=1S/C21H24N4OS/c1-15-10-12-27-20(15)14-23-17-4-6-18(7-5-17)25-21(26)9-8-19(24-25)16-3-2-11-22-13-16/h2-3,8-13,17-18,23H,4-7,14H2,1H3. The van der Waals surface area contributed by atoms with Crippen molar-refractivity contribution in [3.63, 3.8) is 0 Å². The Morgan fingerprint density at radius 1 is 1.19 bits per heavy atom. The summed E-state index contributed by atoms with van der Waals surface area (Å²) in [6.07, 6.45) is 7.62. The van der Waals surface area contributed by atoms with E-state index in [0.29, 0.717) is 6.04 Å². The van der Waals surface area contributed by atoms with Crippen LogP contribution in [-0.2, 0) is 6.54 Å². The van der Waals surface area contributed by atoms with Crippen LogP contribution in [0.3, 0.4) is 0 Å². The van der Waals surface area contributed by atoms with Gasteiger partial charge in [0.15, 0.2) is 0 Å². The van der Waals surface area contributed by atoms with Crippen molar-refractivity contribution in [2.45, 2.75) is 51.2 Å². The lowest BCUT2D eigenvalue weighted by Crippen LogP contribution is -2.36. The van der Waals surface area contributed by atoms with Crippen LogP contribution in [0.5, 0.6) is 0 Å². The summed E-state index contributed by atoms with van der Waals surface area (Å²) in [5.41, 5.74) is 3.08. The fraction of sp³-hybridized carbons (Fsp3) is 0.381. The molecule has 3 aromatic heterocycles. The molecule has 0 spiro atoms. The fourth-order valence-electron chi connectivity index (χ4n) is 3.70. The van der Waals surface area contributed by atoms with Gasteiger partial charge in [-0.2, -0.15) is 5.10 Å². The number of thiophene rings is 1. The molecule has 3 heterocycles. The first-order valence-corrected chi connectivity index (χ1v) is 10.4. The maximum absolute atomic E-state index is 12.4. The summed E-state index contributed by atoms with van der Waals surface area (Å²) in [6.45, 7) is 3.10. The van der Waals surface area contributed by atoms with E-state index in [1.165, 1.54) is 10.4 Å². The molecule has 6 heteroatoms. The lowest BCUT2D eigenvalue weighted by Gasteiger charge is -2.29. The van der Waals surface area contributed by atoms with Gasteiger partial charge >= 0.3 is 0 Å². The molecule has 1 saturated carbocycles. The number of rotatable bonds is 5. The minimum absolute atomic E-state index is 0.0201. The molecule has 0 unspecified atom stereocenters. The van der Waals surface area contributed by atoms with Crippen LogP contribution in [-0.4, -0.2) is 20.8 Å². The maximum atomic E-state index is 12.4. The highest BCUT2D eigenvalue weighted by molar-refractivity contribution is 7.10. The van der Waals surface area contributed by atoms with Gasteiger partial charge in [0, 0.05) is 41.5 Å². The molecule has 0 aromatic carbocycles. The zero-order valence-corrected chi connectivity index (χ0v) is 16.3. The lowest BCUT2D eigenvalue weighted by molar-refractivity contribution is 0.269. The van der Waals surface area contributed by atoms with E-state index in [4.69, 9.17) is 0 Å². The second-order valence-corrected chi connectivity index (χ2v) is 8.16. The Labute approximate surface area is 163 Å². The molecule has 0 atom stereocenters. The molecule has 0 aliphatic heterocycles. The molecule has 1 N–H and O–H groups in total. The van der Waals surface area contributed by atoms with Crippen LogP contribution in [0.2, 0.25) is 0 Å². The predicted octanol–water partition coefficient (Wildman–Crippen LogP) is 3.95. The third-order valence-corrected chi connectivity index (χ3v) is 6.37. The summed E-state index contributed by atoms with van der Waals surface area (Å²) >= 11 is 1.81. The van der Waals surface area contributed by atoms with E-state index in [-0.39, 0.29) is 11.6 Å². The first kappa shape index (κ1) is 18.1. The first-order valence-electron chi connectivity index (χ1n) is 9.47. The zero-order chi connectivity index (χ0) is 18.6. The molecule has 4 rings (SSSR count). The summed E-state index contributed by atoms with van der Waals surface area (Å²) in [6, 6.07) is 10.1. The van der Waals surface area contributed by atoms with Gasteiger partial charge in [-0.25, -0.2) is 4.68 Å². The summed E-state index contributed by atoms with van der Waals surface area (Å²) in [5, 5.41) is 10.5. The predicted molar refractivity (Wildman–Crippen MR) is 109 cm³/mol. The Hall–Kier alpha value is -2.31. The Kier molecular flexibility index (Phi) is 5.45. The highest BCUT2D eigenvalue weighted by Gasteiger charge is 2.24. The van der Waals surface area contributed by atoms with Gasteiger partial charge in [-0.05, 0) is 67.8 Å². The lowest BCUT2D eigenvalue weighted by atomic mass is 9.91. The summed E-state index contributed by atoms with van der Waals surface area (Å²) in [4.78, 5) is 17.9. The first-order chi connectivity index (χ1) is 13.2. The molecule has 1 aliphatic carbocycles.